The molecule has 0 bridgehead atoms. The number of morpholine rings is 1. The molecule has 4 rings (SSSR count). The van der Waals surface area contributed by atoms with Crippen LogP contribution in [0.3, 0.4) is 0 Å². The Bertz CT molecular complexity index is 934. The van der Waals surface area contributed by atoms with Gasteiger partial charge in [-0.15, -0.1) is 0 Å². The van der Waals surface area contributed by atoms with Crippen molar-refractivity contribution in [1.82, 2.24) is 19.8 Å². The maximum atomic E-state index is 5.55. The molecule has 1 atom stereocenters. The third-order valence-electron chi connectivity index (χ3n) is 5.13. The minimum atomic E-state index is 0.000384. The lowest BCUT2D eigenvalue weighted by atomic mass is 10.2. The van der Waals surface area contributed by atoms with Crippen molar-refractivity contribution >= 4 is 17.5 Å². The molecule has 0 aliphatic carbocycles. The number of nitrogens with zero attached hydrogens (tertiary/aromatic N) is 4. The first-order valence-electron chi connectivity index (χ1n) is 9.72. The Balaban J connectivity index is 1.73. The number of aromatic amines is 1. The normalized spacial score (nSPS) is 19.4. The van der Waals surface area contributed by atoms with Gasteiger partial charge in [0.1, 0.15) is 17.3 Å². The fraction of sp³-hybridized carbons (Fsp3) is 0.500. The van der Waals surface area contributed by atoms with Gasteiger partial charge in [0.2, 0.25) is 5.95 Å². The van der Waals surface area contributed by atoms with E-state index >= 15 is 0 Å². The average molecular weight is 384 g/mol. The van der Waals surface area contributed by atoms with Crippen molar-refractivity contribution in [2.24, 2.45) is 4.99 Å². The summed E-state index contributed by atoms with van der Waals surface area (Å²) in [5.74, 6) is 1.82. The van der Waals surface area contributed by atoms with Crippen molar-refractivity contribution in [2.45, 2.75) is 19.5 Å². The SMILES string of the molecule is COCCC1N=c2nc(Nc3cccc(C)c3)[nH]c2=C(N2CCOCC2)N1C. The predicted octanol–water partition coefficient (Wildman–Crippen LogP) is 0.787. The van der Waals surface area contributed by atoms with Gasteiger partial charge in [0, 0.05) is 39.4 Å². The Kier molecular flexibility index (Phi) is 5.50. The Morgan fingerprint density at radius 2 is 2.14 bits per heavy atom. The van der Waals surface area contributed by atoms with Crippen LogP contribution in [0, 0.1) is 6.92 Å². The Morgan fingerprint density at radius 1 is 1.32 bits per heavy atom. The van der Waals surface area contributed by atoms with Gasteiger partial charge in [-0.05, 0) is 24.6 Å². The number of hydrogen-bond donors (Lipinski definition) is 2. The molecule has 8 heteroatoms. The van der Waals surface area contributed by atoms with Crippen LogP contribution in [-0.4, -0.2) is 73.0 Å². The van der Waals surface area contributed by atoms with Crippen molar-refractivity contribution in [3.63, 3.8) is 0 Å². The van der Waals surface area contributed by atoms with Crippen LogP contribution in [0.15, 0.2) is 29.3 Å². The van der Waals surface area contributed by atoms with Gasteiger partial charge in [-0.2, -0.15) is 4.98 Å². The van der Waals surface area contributed by atoms with E-state index < -0.39 is 0 Å². The van der Waals surface area contributed by atoms with Gasteiger partial charge in [-0.3, -0.25) is 0 Å². The Labute approximate surface area is 164 Å². The van der Waals surface area contributed by atoms with Crippen LogP contribution in [-0.2, 0) is 9.47 Å². The standard InChI is InChI=1S/C20H28N6O2/c1-14-5-4-6-15(13-14)21-20-23-17-18(24-20)22-16(7-10-27-3)25(2)19(17)26-8-11-28-12-9-26/h4-6,13,16H,7-12H2,1-3H3,(H2,21,22,23,24). The zero-order valence-electron chi connectivity index (χ0n) is 16.7. The van der Waals surface area contributed by atoms with E-state index in [2.05, 4.69) is 46.2 Å². The molecular formula is C20H28N6O2. The Hall–Kier alpha value is -2.58. The van der Waals surface area contributed by atoms with Crippen LogP contribution >= 0.6 is 0 Å². The van der Waals surface area contributed by atoms with Gasteiger partial charge in [0.25, 0.3) is 0 Å². The van der Waals surface area contributed by atoms with E-state index in [-0.39, 0.29) is 6.17 Å². The summed E-state index contributed by atoms with van der Waals surface area (Å²) in [6, 6.07) is 8.24. The monoisotopic (exact) mass is 384 g/mol. The number of methoxy groups -OCH3 is 1. The molecule has 1 aromatic carbocycles. The summed E-state index contributed by atoms with van der Waals surface area (Å²) >= 11 is 0. The molecule has 0 saturated carbocycles. The predicted molar refractivity (Wildman–Crippen MR) is 108 cm³/mol. The van der Waals surface area contributed by atoms with Crippen LogP contribution in [0.4, 0.5) is 11.6 Å². The summed E-state index contributed by atoms with van der Waals surface area (Å²) in [6.45, 7) is 5.91. The van der Waals surface area contributed by atoms with Gasteiger partial charge >= 0.3 is 0 Å². The number of H-pyrrole nitrogens is 1. The van der Waals surface area contributed by atoms with E-state index in [1.807, 2.05) is 12.1 Å². The van der Waals surface area contributed by atoms with E-state index in [0.717, 1.165) is 55.1 Å². The summed E-state index contributed by atoms with van der Waals surface area (Å²) in [7, 11) is 3.81. The summed E-state index contributed by atoms with van der Waals surface area (Å²) in [5.41, 5.74) is 2.95. The number of imidazole rings is 1. The number of benzene rings is 1. The topological polar surface area (TPSA) is 78.0 Å². The maximum Gasteiger partial charge on any atom is 0.207 e. The highest BCUT2D eigenvalue weighted by Gasteiger charge is 2.28. The second-order valence-electron chi connectivity index (χ2n) is 7.20. The van der Waals surface area contributed by atoms with Gasteiger partial charge in [-0.25, -0.2) is 4.99 Å². The molecular weight excluding hydrogens is 356 g/mol. The maximum absolute atomic E-state index is 5.55. The minimum absolute atomic E-state index is 0.000384. The molecule has 2 aliphatic rings. The first kappa shape index (κ1) is 18.8. The van der Waals surface area contributed by atoms with E-state index in [0.29, 0.717) is 12.6 Å². The van der Waals surface area contributed by atoms with Crippen molar-refractivity contribution in [2.75, 3.05) is 52.4 Å². The van der Waals surface area contributed by atoms with Gasteiger partial charge < -0.3 is 29.6 Å². The number of aryl methyl sites for hydroxylation is 1. The zero-order chi connectivity index (χ0) is 19.5. The van der Waals surface area contributed by atoms with Crippen LogP contribution < -0.4 is 16.2 Å². The molecule has 8 nitrogen and oxygen atoms in total. The van der Waals surface area contributed by atoms with E-state index in [1.165, 1.54) is 5.56 Å². The van der Waals surface area contributed by atoms with Crippen LogP contribution in [0.25, 0.3) is 5.82 Å². The largest absolute Gasteiger partial charge is 0.385 e. The molecule has 1 aromatic heterocycles. The molecule has 1 saturated heterocycles. The van der Waals surface area contributed by atoms with Crippen molar-refractivity contribution in [3.8, 4) is 0 Å². The number of nitrogens with one attached hydrogen (secondary N) is 2. The van der Waals surface area contributed by atoms with Gasteiger partial charge in [0.05, 0.1) is 19.8 Å². The lowest BCUT2D eigenvalue weighted by molar-refractivity contribution is 0.0513. The summed E-state index contributed by atoms with van der Waals surface area (Å²) < 4.78 is 10.8. The molecule has 1 fully saturated rings. The number of rotatable bonds is 6. The lowest BCUT2D eigenvalue weighted by Crippen LogP contribution is -2.52. The third-order valence-corrected chi connectivity index (χ3v) is 5.13. The number of fused-ring (bicyclic) bond motifs is 1. The highest BCUT2D eigenvalue weighted by Crippen LogP contribution is 2.19. The molecule has 3 heterocycles. The Morgan fingerprint density at radius 3 is 2.89 bits per heavy atom. The zero-order valence-corrected chi connectivity index (χ0v) is 16.7. The first-order chi connectivity index (χ1) is 13.7. The highest BCUT2D eigenvalue weighted by molar-refractivity contribution is 5.55. The number of anilines is 2. The molecule has 2 aromatic rings. The fourth-order valence-corrected chi connectivity index (χ4v) is 3.72. The smallest absolute Gasteiger partial charge is 0.207 e. The molecule has 1 unspecified atom stereocenters. The molecule has 0 spiro atoms. The number of aromatic nitrogens is 2. The second-order valence-corrected chi connectivity index (χ2v) is 7.20. The first-order valence-corrected chi connectivity index (χ1v) is 9.72. The van der Waals surface area contributed by atoms with Crippen LogP contribution in [0.5, 0.6) is 0 Å². The van der Waals surface area contributed by atoms with Crippen molar-refractivity contribution in [1.29, 1.82) is 0 Å². The summed E-state index contributed by atoms with van der Waals surface area (Å²) in [5, 5.41) is 4.32. The third kappa shape index (κ3) is 3.83. The van der Waals surface area contributed by atoms with Crippen molar-refractivity contribution in [3.05, 3.63) is 40.7 Å². The molecule has 0 amide bonds. The number of hydrogen-bond acceptors (Lipinski definition) is 7. The van der Waals surface area contributed by atoms with Crippen LogP contribution in [0.2, 0.25) is 0 Å². The second kappa shape index (κ2) is 8.20. The van der Waals surface area contributed by atoms with Crippen molar-refractivity contribution < 1.29 is 9.47 Å². The molecule has 0 radical (unpaired) electrons. The highest BCUT2D eigenvalue weighted by atomic mass is 16.5. The number of ether oxygens (including phenoxy) is 2. The fourth-order valence-electron chi connectivity index (χ4n) is 3.72. The summed E-state index contributed by atoms with van der Waals surface area (Å²) in [4.78, 5) is 17.6. The quantitative estimate of drug-likeness (QED) is 0.767. The average Bonchev–Trinajstić information content (AvgIpc) is 3.08. The molecule has 28 heavy (non-hydrogen) atoms. The van der Waals surface area contributed by atoms with E-state index in [9.17, 15) is 0 Å². The van der Waals surface area contributed by atoms with E-state index in [1.54, 1.807) is 7.11 Å². The van der Waals surface area contributed by atoms with E-state index in [4.69, 9.17) is 19.5 Å². The lowest BCUT2D eigenvalue weighted by Gasteiger charge is -2.39. The summed E-state index contributed by atoms with van der Waals surface area (Å²) in [6.07, 6.45) is 0.814. The molecule has 2 aliphatic heterocycles. The van der Waals surface area contributed by atoms with Gasteiger partial charge in [0.15, 0.2) is 5.49 Å². The minimum Gasteiger partial charge on any atom is -0.385 e. The van der Waals surface area contributed by atoms with Crippen LogP contribution in [0.1, 0.15) is 12.0 Å². The molecule has 2 N–H and O–H groups in total. The molecule has 150 valence electrons. The van der Waals surface area contributed by atoms with Gasteiger partial charge in [-0.1, -0.05) is 12.1 Å².